The largest absolute Gasteiger partial charge is 0.433 e. The van der Waals surface area contributed by atoms with Gasteiger partial charge in [0.1, 0.15) is 11.9 Å². The minimum absolute atomic E-state index is 0.145. The Morgan fingerprint density at radius 1 is 0.795 bits per heavy atom. The summed E-state index contributed by atoms with van der Waals surface area (Å²) in [6, 6.07) is 14.5. The molecule has 210 valence electrons. The van der Waals surface area contributed by atoms with Crippen LogP contribution in [0.5, 0.6) is 5.75 Å². The van der Waals surface area contributed by atoms with Crippen molar-refractivity contribution in [3.63, 3.8) is 0 Å². The Morgan fingerprint density at radius 3 is 1.82 bits per heavy atom. The van der Waals surface area contributed by atoms with Gasteiger partial charge in [-0.25, -0.2) is 0 Å². The molecule has 1 atom stereocenters. The van der Waals surface area contributed by atoms with Crippen molar-refractivity contribution in [1.29, 1.82) is 0 Å². The summed E-state index contributed by atoms with van der Waals surface area (Å²) in [6.07, 6.45) is -16.1. The molecule has 1 saturated heterocycles. The first-order valence-corrected chi connectivity index (χ1v) is 12.4. The van der Waals surface area contributed by atoms with E-state index in [1.165, 1.54) is 24.6 Å². The van der Waals surface area contributed by atoms with Crippen molar-refractivity contribution in [3.8, 4) is 16.9 Å². The lowest BCUT2D eigenvalue weighted by Crippen LogP contribution is -2.27. The van der Waals surface area contributed by atoms with Crippen molar-refractivity contribution < 1.29 is 44.6 Å². The molecule has 3 aromatic carbocycles. The van der Waals surface area contributed by atoms with Crippen molar-refractivity contribution in [2.45, 2.75) is 64.1 Å². The average molecular weight is 559 g/mol. The van der Waals surface area contributed by atoms with Crippen LogP contribution in [0.1, 0.15) is 59.3 Å². The molecule has 2 nitrogen and oxygen atoms in total. The normalized spacial score (nSPS) is 15.9. The van der Waals surface area contributed by atoms with Crippen LogP contribution in [0.2, 0.25) is 0 Å². The third-order valence-corrected chi connectivity index (χ3v) is 6.55. The number of epoxide rings is 1. The summed E-state index contributed by atoms with van der Waals surface area (Å²) < 4.78 is 122. The van der Waals surface area contributed by atoms with Crippen LogP contribution in [0.25, 0.3) is 11.1 Å². The van der Waals surface area contributed by atoms with Crippen molar-refractivity contribution in [2.75, 3.05) is 6.61 Å². The molecule has 0 bridgehead atoms. The number of benzene rings is 3. The number of rotatable bonds is 9. The summed E-state index contributed by atoms with van der Waals surface area (Å²) in [7, 11) is 0. The number of ether oxygens (including phenoxy) is 2. The van der Waals surface area contributed by atoms with E-state index in [1.807, 2.05) is 24.3 Å². The zero-order valence-electron chi connectivity index (χ0n) is 21.1. The van der Waals surface area contributed by atoms with Gasteiger partial charge >= 0.3 is 18.5 Å². The fourth-order valence-corrected chi connectivity index (χ4v) is 4.67. The van der Waals surface area contributed by atoms with E-state index in [0.29, 0.717) is 0 Å². The van der Waals surface area contributed by atoms with E-state index in [0.717, 1.165) is 30.0 Å². The van der Waals surface area contributed by atoms with E-state index >= 15 is 0 Å². The molecule has 0 aliphatic carbocycles. The number of halogens is 8. The Morgan fingerprint density at radius 2 is 1.33 bits per heavy atom. The summed E-state index contributed by atoms with van der Waals surface area (Å²) in [5, 5.41) is 0. The molecule has 0 aromatic heterocycles. The highest BCUT2D eigenvalue weighted by Gasteiger charge is 2.49. The molecule has 1 aliphatic rings. The van der Waals surface area contributed by atoms with Gasteiger partial charge in [-0.3, -0.25) is 0 Å². The van der Waals surface area contributed by atoms with Crippen LogP contribution in [0.3, 0.4) is 0 Å². The maximum Gasteiger partial charge on any atom is 0.417 e. The summed E-state index contributed by atoms with van der Waals surface area (Å²) in [5.74, 6) is -0.226. The summed E-state index contributed by atoms with van der Waals surface area (Å²) >= 11 is 0. The van der Waals surface area contributed by atoms with Crippen molar-refractivity contribution >= 4 is 0 Å². The van der Waals surface area contributed by atoms with Gasteiger partial charge in [-0.05, 0) is 65.3 Å². The second-order valence-electron chi connectivity index (χ2n) is 9.54. The SMILES string of the molecule is CCCc1ccc(-c2ccc(OC(F)(F)CCc3c(C)cc(C4CO4)c(C(F)(F)F)c3C(F)(F)F)cc2)cc1. The average Bonchev–Trinajstić information content (AvgIpc) is 3.68. The highest BCUT2D eigenvalue weighted by molar-refractivity contribution is 5.64. The molecule has 4 rings (SSSR count). The van der Waals surface area contributed by atoms with Crippen LogP contribution in [0, 0.1) is 6.92 Å². The Balaban J connectivity index is 1.54. The Labute approximate surface area is 220 Å². The maximum absolute atomic E-state index is 14.7. The standard InChI is InChI=1S/C29H26F8O2/c1-3-4-18-5-7-19(8-6-18)20-9-11-21(12-10-20)39-27(30,31)14-13-22-17(2)15-23(24-16-38-24)26(29(35,36)37)25(22)28(32,33)34/h5-12,15,24H,3-4,13-14,16H2,1-2H3. The smallest absolute Gasteiger partial charge is 0.417 e. The molecule has 39 heavy (non-hydrogen) atoms. The van der Waals surface area contributed by atoms with Gasteiger partial charge in [0.25, 0.3) is 0 Å². The fourth-order valence-electron chi connectivity index (χ4n) is 4.67. The van der Waals surface area contributed by atoms with Gasteiger partial charge < -0.3 is 9.47 Å². The molecule has 0 radical (unpaired) electrons. The minimum Gasteiger partial charge on any atom is -0.433 e. The van der Waals surface area contributed by atoms with E-state index in [1.54, 1.807) is 12.1 Å². The zero-order valence-corrected chi connectivity index (χ0v) is 21.1. The van der Waals surface area contributed by atoms with Crippen molar-refractivity contribution in [1.82, 2.24) is 0 Å². The first kappa shape index (κ1) is 28.9. The van der Waals surface area contributed by atoms with Gasteiger partial charge in [-0.1, -0.05) is 55.8 Å². The lowest BCUT2D eigenvalue weighted by Gasteiger charge is -2.25. The summed E-state index contributed by atoms with van der Waals surface area (Å²) in [4.78, 5) is 0. The molecule has 0 saturated carbocycles. The molecule has 1 fully saturated rings. The molecule has 0 spiro atoms. The maximum atomic E-state index is 14.7. The number of aryl methyl sites for hydroxylation is 2. The highest BCUT2D eigenvalue weighted by atomic mass is 19.4. The molecule has 10 heteroatoms. The lowest BCUT2D eigenvalue weighted by atomic mass is 9.87. The van der Waals surface area contributed by atoms with Gasteiger partial charge in [0.2, 0.25) is 0 Å². The number of alkyl halides is 8. The van der Waals surface area contributed by atoms with Crippen LogP contribution in [0.4, 0.5) is 35.1 Å². The molecule has 0 amide bonds. The van der Waals surface area contributed by atoms with Gasteiger partial charge in [0, 0.05) is 0 Å². The lowest BCUT2D eigenvalue weighted by molar-refractivity contribution is -0.181. The Kier molecular flexibility index (Phi) is 7.98. The molecule has 1 aliphatic heterocycles. The van der Waals surface area contributed by atoms with Crippen LogP contribution < -0.4 is 4.74 Å². The summed E-state index contributed by atoms with van der Waals surface area (Å²) in [5.41, 5.74) is -2.72. The zero-order chi connectivity index (χ0) is 28.6. The number of hydrogen-bond acceptors (Lipinski definition) is 2. The van der Waals surface area contributed by atoms with E-state index < -0.39 is 59.7 Å². The van der Waals surface area contributed by atoms with E-state index in [4.69, 9.17) is 9.47 Å². The monoisotopic (exact) mass is 558 g/mol. The van der Waals surface area contributed by atoms with Crippen LogP contribution >= 0.6 is 0 Å². The molecule has 3 aromatic rings. The third-order valence-electron chi connectivity index (χ3n) is 6.55. The predicted octanol–water partition coefficient (Wildman–Crippen LogP) is 9.33. The third kappa shape index (κ3) is 6.90. The molecular weight excluding hydrogens is 532 g/mol. The van der Waals surface area contributed by atoms with Gasteiger partial charge in [-0.15, -0.1) is 0 Å². The van der Waals surface area contributed by atoms with E-state index in [-0.39, 0.29) is 17.9 Å². The first-order valence-electron chi connectivity index (χ1n) is 12.4. The Hall–Kier alpha value is -3.14. The first-order chi connectivity index (χ1) is 18.2. The van der Waals surface area contributed by atoms with Gasteiger partial charge in [0.05, 0.1) is 24.2 Å². The Bertz CT molecular complexity index is 1290. The topological polar surface area (TPSA) is 21.8 Å². The fraction of sp³-hybridized carbons (Fsp3) is 0.379. The quantitative estimate of drug-likeness (QED) is 0.193. The van der Waals surface area contributed by atoms with Crippen LogP contribution in [0.15, 0.2) is 54.6 Å². The number of hydrogen-bond donors (Lipinski definition) is 0. The predicted molar refractivity (Wildman–Crippen MR) is 130 cm³/mol. The molecule has 0 N–H and O–H groups in total. The van der Waals surface area contributed by atoms with Crippen LogP contribution in [-0.2, 0) is 29.9 Å². The minimum atomic E-state index is -5.42. The summed E-state index contributed by atoms with van der Waals surface area (Å²) in [6.45, 7) is 3.09. The second kappa shape index (κ2) is 10.8. The molecular formula is C29H26F8O2. The second-order valence-corrected chi connectivity index (χ2v) is 9.54. The van der Waals surface area contributed by atoms with E-state index in [2.05, 4.69) is 6.92 Å². The highest BCUT2D eigenvalue weighted by Crippen LogP contribution is 2.49. The van der Waals surface area contributed by atoms with Gasteiger partial charge in [0.15, 0.2) is 0 Å². The van der Waals surface area contributed by atoms with Gasteiger partial charge in [-0.2, -0.15) is 35.1 Å². The van der Waals surface area contributed by atoms with Crippen molar-refractivity contribution in [3.05, 3.63) is 88.0 Å². The van der Waals surface area contributed by atoms with Crippen molar-refractivity contribution in [2.24, 2.45) is 0 Å². The van der Waals surface area contributed by atoms with E-state index in [9.17, 15) is 35.1 Å². The van der Waals surface area contributed by atoms with Crippen LogP contribution in [-0.4, -0.2) is 12.7 Å². The molecule has 1 unspecified atom stereocenters. The molecule has 1 heterocycles.